The molecule has 0 spiro atoms. The van der Waals surface area contributed by atoms with E-state index in [-0.39, 0.29) is 5.69 Å². The Kier molecular flexibility index (Phi) is 2.49. The number of hydrogen-bond acceptors (Lipinski definition) is 4. The molecule has 0 saturated heterocycles. The van der Waals surface area contributed by atoms with Gasteiger partial charge in [-0.1, -0.05) is 6.07 Å². The number of imidazole rings is 1. The second-order valence-corrected chi connectivity index (χ2v) is 4.04. The molecular weight excluding hydrogens is 244 g/mol. The maximum Gasteiger partial charge on any atom is 0.356 e. The number of hydrogen-bond donors (Lipinski definition) is 1. The van der Waals surface area contributed by atoms with Gasteiger partial charge in [-0.3, -0.25) is 4.98 Å². The summed E-state index contributed by atoms with van der Waals surface area (Å²) in [5.41, 5.74) is 1.89. The van der Waals surface area contributed by atoms with Crippen LogP contribution in [0.15, 0.2) is 36.5 Å². The molecule has 19 heavy (non-hydrogen) atoms. The first-order chi connectivity index (χ1) is 9.16. The van der Waals surface area contributed by atoms with Gasteiger partial charge in [-0.15, -0.1) is 0 Å². The Balaban J connectivity index is 2.22. The fourth-order valence-corrected chi connectivity index (χ4v) is 1.92. The van der Waals surface area contributed by atoms with Crippen LogP contribution in [-0.2, 0) is 0 Å². The second kappa shape index (κ2) is 4.16. The lowest BCUT2D eigenvalue weighted by Crippen LogP contribution is -1.99. The van der Waals surface area contributed by atoms with E-state index in [1.54, 1.807) is 25.3 Å². The van der Waals surface area contributed by atoms with Crippen LogP contribution in [0.3, 0.4) is 0 Å². The van der Waals surface area contributed by atoms with E-state index in [9.17, 15) is 4.79 Å². The number of carboxylic acid groups (broad SMARTS) is 1. The van der Waals surface area contributed by atoms with Gasteiger partial charge in [0, 0.05) is 6.20 Å². The van der Waals surface area contributed by atoms with E-state index in [1.807, 2.05) is 18.2 Å². The highest BCUT2D eigenvalue weighted by Crippen LogP contribution is 2.17. The number of fused-ring (bicyclic) bond motifs is 1. The maximum atomic E-state index is 11.1. The molecule has 0 aliphatic rings. The van der Waals surface area contributed by atoms with Crippen LogP contribution in [0.25, 0.3) is 16.9 Å². The Hall–Kier alpha value is -2.76. The summed E-state index contributed by atoms with van der Waals surface area (Å²) in [5, 5.41) is 13.4. The molecule has 0 saturated carbocycles. The zero-order chi connectivity index (χ0) is 13.4. The van der Waals surface area contributed by atoms with Gasteiger partial charge in [0.2, 0.25) is 0 Å². The average molecular weight is 254 g/mol. The van der Waals surface area contributed by atoms with Crippen molar-refractivity contribution in [1.29, 1.82) is 0 Å². The Morgan fingerprint density at radius 3 is 2.74 bits per heavy atom. The number of carbonyl (C=O) groups is 1. The monoisotopic (exact) mass is 254 g/mol. The van der Waals surface area contributed by atoms with Crippen LogP contribution >= 0.6 is 0 Å². The second-order valence-electron chi connectivity index (χ2n) is 4.04. The molecule has 0 radical (unpaired) electrons. The van der Waals surface area contributed by atoms with Crippen molar-refractivity contribution in [1.82, 2.24) is 19.6 Å². The predicted octanol–water partition coefficient (Wildman–Crippen LogP) is 1.80. The third-order valence-electron chi connectivity index (χ3n) is 2.79. The average Bonchev–Trinajstić information content (AvgIpc) is 2.77. The minimum absolute atomic E-state index is 0.0116. The van der Waals surface area contributed by atoms with Crippen LogP contribution in [0.2, 0.25) is 0 Å². The fraction of sp³-hybridized carbons (Fsp3) is 0.0769. The Morgan fingerprint density at radius 2 is 2.05 bits per heavy atom. The lowest BCUT2D eigenvalue weighted by molar-refractivity contribution is 0.0693. The van der Waals surface area contributed by atoms with E-state index < -0.39 is 5.97 Å². The Labute approximate surface area is 108 Å². The molecule has 0 amide bonds. The van der Waals surface area contributed by atoms with Crippen LogP contribution in [0.4, 0.5) is 0 Å². The number of pyridine rings is 1. The minimum Gasteiger partial charge on any atom is -0.476 e. The quantitative estimate of drug-likeness (QED) is 0.754. The van der Waals surface area contributed by atoms with Crippen LogP contribution in [0.1, 0.15) is 16.3 Å². The van der Waals surface area contributed by atoms with Gasteiger partial charge < -0.3 is 5.11 Å². The molecule has 0 fully saturated rings. The summed E-state index contributed by atoms with van der Waals surface area (Å²) in [7, 11) is 0. The Morgan fingerprint density at radius 1 is 1.21 bits per heavy atom. The zero-order valence-corrected chi connectivity index (χ0v) is 10.1. The molecular formula is C13H10N4O2. The summed E-state index contributed by atoms with van der Waals surface area (Å²) in [6, 6.07) is 8.98. The largest absolute Gasteiger partial charge is 0.476 e. The molecule has 1 N–H and O–H groups in total. The topological polar surface area (TPSA) is 80.4 Å². The molecule has 3 aromatic rings. The van der Waals surface area contributed by atoms with Crippen LogP contribution in [-0.4, -0.2) is 30.7 Å². The van der Waals surface area contributed by atoms with Crippen molar-refractivity contribution in [2.75, 3.05) is 0 Å². The first-order valence-corrected chi connectivity index (χ1v) is 5.68. The van der Waals surface area contributed by atoms with Gasteiger partial charge in [0.1, 0.15) is 11.5 Å². The molecule has 0 unspecified atom stereocenters. The number of aromatic nitrogens is 4. The van der Waals surface area contributed by atoms with E-state index in [1.165, 1.54) is 4.52 Å². The highest BCUT2D eigenvalue weighted by Gasteiger charge is 2.16. The molecule has 0 bridgehead atoms. The molecule has 3 rings (SSSR count). The molecule has 94 valence electrons. The summed E-state index contributed by atoms with van der Waals surface area (Å²) in [4.78, 5) is 19.3. The summed E-state index contributed by atoms with van der Waals surface area (Å²) in [6.45, 7) is 1.72. The molecule has 3 aromatic heterocycles. The highest BCUT2D eigenvalue weighted by atomic mass is 16.4. The van der Waals surface area contributed by atoms with Crippen molar-refractivity contribution < 1.29 is 9.90 Å². The molecule has 0 aromatic carbocycles. The van der Waals surface area contributed by atoms with Crippen molar-refractivity contribution in [3.05, 3.63) is 48.0 Å². The van der Waals surface area contributed by atoms with Gasteiger partial charge in [0.25, 0.3) is 0 Å². The van der Waals surface area contributed by atoms with Crippen molar-refractivity contribution in [2.45, 2.75) is 6.92 Å². The van der Waals surface area contributed by atoms with Gasteiger partial charge in [0.05, 0.1) is 11.2 Å². The maximum absolute atomic E-state index is 11.1. The molecule has 3 heterocycles. The SMILES string of the molecule is Cc1nc(C(=O)O)c2ccc(-c3ccccn3)nn12. The van der Waals surface area contributed by atoms with Gasteiger partial charge in [-0.25, -0.2) is 14.3 Å². The van der Waals surface area contributed by atoms with Crippen LogP contribution in [0, 0.1) is 6.92 Å². The van der Waals surface area contributed by atoms with Crippen molar-refractivity contribution in [3.63, 3.8) is 0 Å². The van der Waals surface area contributed by atoms with E-state index in [0.717, 1.165) is 5.69 Å². The molecule has 0 aliphatic carbocycles. The molecule has 0 atom stereocenters. The number of aromatic carboxylic acids is 1. The molecule has 6 nitrogen and oxygen atoms in total. The number of carboxylic acids is 1. The normalized spacial score (nSPS) is 10.8. The molecule has 0 aliphatic heterocycles. The van der Waals surface area contributed by atoms with Crippen LogP contribution in [0.5, 0.6) is 0 Å². The number of aryl methyl sites for hydroxylation is 1. The number of rotatable bonds is 2. The van der Waals surface area contributed by atoms with Gasteiger partial charge in [-0.05, 0) is 31.2 Å². The number of nitrogens with zero attached hydrogens (tertiary/aromatic N) is 4. The first-order valence-electron chi connectivity index (χ1n) is 5.68. The molecule has 6 heteroatoms. The van der Waals surface area contributed by atoms with Gasteiger partial charge in [0.15, 0.2) is 5.69 Å². The Bertz CT molecular complexity index is 765. The van der Waals surface area contributed by atoms with Crippen LogP contribution < -0.4 is 0 Å². The summed E-state index contributed by atoms with van der Waals surface area (Å²) in [6.07, 6.45) is 1.69. The lowest BCUT2D eigenvalue weighted by atomic mass is 10.2. The highest BCUT2D eigenvalue weighted by molar-refractivity contribution is 5.93. The fourth-order valence-electron chi connectivity index (χ4n) is 1.92. The summed E-state index contributed by atoms with van der Waals surface area (Å²) >= 11 is 0. The van der Waals surface area contributed by atoms with E-state index in [4.69, 9.17) is 5.11 Å². The van der Waals surface area contributed by atoms with E-state index >= 15 is 0 Å². The van der Waals surface area contributed by atoms with Gasteiger partial charge in [-0.2, -0.15) is 5.10 Å². The van der Waals surface area contributed by atoms with E-state index in [2.05, 4.69) is 15.1 Å². The third kappa shape index (κ3) is 1.83. The lowest BCUT2D eigenvalue weighted by Gasteiger charge is -2.01. The first kappa shape index (κ1) is 11.3. The smallest absolute Gasteiger partial charge is 0.356 e. The predicted molar refractivity (Wildman–Crippen MR) is 67.9 cm³/mol. The van der Waals surface area contributed by atoms with E-state index in [0.29, 0.717) is 17.0 Å². The van der Waals surface area contributed by atoms with Gasteiger partial charge >= 0.3 is 5.97 Å². The van der Waals surface area contributed by atoms with Crippen molar-refractivity contribution in [2.24, 2.45) is 0 Å². The minimum atomic E-state index is -1.06. The third-order valence-corrected chi connectivity index (χ3v) is 2.79. The zero-order valence-electron chi connectivity index (χ0n) is 10.1. The standard InChI is InChI=1S/C13H10N4O2/c1-8-15-12(13(18)19)11-6-5-10(16-17(8)11)9-4-2-3-7-14-9/h2-7H,1H3,(H,18,19). The summed E-state index contributed by atoms with van der Waals surface area (Å²) in [5.74, 6) is -0.525. The summed E-state index contributed by atoms with van der Waals surface area (Å²) < 4.78 is 1.52. The van der Waals surface area contributed by atoms with Crippen molar-refractivity contribution >= 4 is 11.5 Å². The van der Waals surface area contributed by atoms with Crippen molar-refractivity contribution in [3.8, 4) is 11.4 Å².